The summed E-state index contributed by atoms with van der Waals surface area (Å²) in [6.07, 6.45) is 9.85. The normalized spacial score (nSPS) is 10.0. The van der Waals surface area contributed by atoms with Crippen LogP contribution in [0.3, 0.4) is 0 Å². The third-order valence-corrected chi connectivity index (χ3v) is 2.52. The van der Waals surface area contributed by atoms with Gasteiger partial charge in [0.05, 0.1) is 17.2 Å². The zero-order valence-corrected chi connectivity index (χ0v) is 10.5. The van der Waals surface area contributed by atoms with Gasteiger partial charge in [0.2, 0.25) is 0 Å². The molecule has 0 saturated heterocycles. The topological polar surface area (TPSA) is 77.3 Å². The van der Waals surface area contributed by atoms with Gasteiger partial charge in [-0.3, -0.25) is 9.97 Å². The lowest BCUT2D eigenvalue weighted by Crippen LogP contribution is -1.85. The minimum atomic E-state index is 0.637. The van der Waals surface area contributed by atoms with E-state index in [9.17, 15) is 0 Å². The molecule has 0 spiro atoms. The highest BCUT2D eigenvalue weighted by molar-refractivity contribution is 5.72. The summed E-state index contributed by atoms with van der Waals surface area (Å²) in [5.74, 6) is 0. The second kappa shape index (κ2) is 5.75. The van der Waals surface area contributed by atoms with Gasteiger partial charge in [-0.1, -0.05) is 0 Å². The maximum absolute atomic E-state index is 4.12. The Kier molecular flexibility index (Phi) is 3.46. The van der Waals surface area contributed by atoms with Crippen molar-refractivity contribution in [1.82, 2.24) is 29.9 Å². The summed E-state index contributed by atoms with van der Waals surface area (Å²) < 4.78 is 0. The molecule has 0 N–H and O–H groups in total. The van der Waals surface area contributed by atoms with Gasteiger partial charge in [0.15, 0.2) is 5.65 Å². The number of hydrogen-bond acceptors (Lipinski definition) is 6. The fraction of sp³-hybridized carbons (Fsp3) is 0. The van der Waals surface area contributed by atoms with Crippen molar-refractivity contribution in [1.29, 1.82) is 0 Å². The van der Waals surface area contributed by atoms with Gasteiger partial charge in [-0.2, -0.15) is 0 Å². The molecule has 6 nitrogen and oxygen atoms in total. The van der Waals surface area contributed by atoms with Crippen molar-refractivity contribution in [2.45, 2.75) is 0 Å². The number of aromatic nitrogens is 6. The molecule has 4 aromatic rings. The Morgan fingerprint density at radius 1 is 0.600 bits per heavy atom. The fourth-order valence-corrected chi connectivity index (χ4v) is 1.63. The highest BCUT2D eigenvalue weighted by Gasteiger charge is 1.91. The van der Waals surface area contributed by atoms with Crippen LogP contribution in [-0.4, -0.2) is 29.9 Å². The lowest BCUT2D eigenvalue weighted by atomic mass is 10.3. The standard InChI is InChI=1S/C8H6N2.C6H4N4/c1-3-7-8(9-5-1)4-2-6-10-7;1-2-9-6-5(8-1)3-7-4-10-6/h1-6H;1-4H. The Labute approximate surface area is 114 Å². The van der Waals surface area contributed by atoms with Crippen LogP contribution in [0.25, 0.3) is 22.2 Å². The van der Waals surface area contributed by atoms with E-state index in [1.54, 1.807) is 31.0 Å². The minimum absolute atomic E-state index is 0.637. The highest BCUT2D eigenvalue weighted by atomic mass is 14.9. The molecule has 6 heteroatoms. The zero-order chi connectivity index (χ0) is 13.6. The molecule has 0 saturated carbocycles. The summed E-state index contributed by atoms with van der Waals surface area (Å²) in [4.78, 5) is 23.9. The summed E-state index contributed by atoms with van der Waals surface area (Å²) in [6.45, 7) is 0. The van der Waals surface area contributed by atoms with Crippen molar-refractivity contribution in [2.24, 2.45) is 0 Å². The summed E-state index contributed by atoms with van der Waals surface area (Å²) >= 11 is 0. The first kappa shape index (κ1) is 12.0. The van der Waals surface area contributed by atoms with Gasteiger partial charge in [0.25, 0.3) is 0 Å². The van der Waals surface area contributed by atoms with E-state index in [0.717, 1.165) is 16.6 Å². The van der Waals surface area contributed by atoms with Gasteiger partial charge in [0.1, 0.15) is 11.8 Å². The Morgan fingerprint density at radius 2 is 1.25 bits per heavy atom. The van der Waals surface area contributed by atoms with Crippen molar-refractivity contribution in [2.75, 3.05) is 0 Å². The maximum Gasteiger partial charge on any atom is 0.181 e. The second-order valence-corrected chi connectivity index (χ2v) is 3.83. The van der Waals surface area contributed by atoms with Crippen LogP contribution >= 0.6 is 0 Å². The van der Waals surface area contributed by atoms with E-state index in [1.165, 1.54) is 6.33 Å². The van der Waals surface area contributed by atoms with E-state index in [2.05, 4.69) is 29.9 Å². The number of fused-ring (bicyclic) bond motifs is 2. The van der Waals surface area contributed by atoms with Crippen LogP contribution in [0.15, 0.2) is 61.6 Å². The van der Waals surface area contributed by atoms with E-state index in [-0.39, 0.29) is 0 Å². The number of rotatable bonds is 0. The first-order chi connectivity index (χ1) is 9.93. The molecule has 0 amide bonds. The number of hydrogen-bond donors (Lipinski definition) is 0. The Hall–Kier alpha value is -3.02. The quantitative estimate of drug-likeness (QED) is 0.482. The second-order valence-electron chi connectivity index (χ2n) is 3.83. The zero-order valence-electron chi connectivity index (χ0n) is 10.5. The van der Waals surface area contributed by atoms with E-state index < -0.39 is 0 Å². The van der Waals surface area contributed by atoms with Crippen LogP contribution in [0.4, 0.5) is 0 Å². The third-order valence-electron chi connectivity index (χ3n) is 2.52. The Balaban J connectivity index is 0.000000121. The van der Waals surface area contributed by atoms with Crippen LogP contribution in [0.5, 0.6) is 0 Å². The van der Waals surface area contributed by atoms with Crippen molar-refractivity contribution in [3.05, 3.63) is 61.6 Å². The van der Waals surface area contributed by atoms with Crippen LogP contribution in [0.1, 0.15) is 0 Å². The van der Waals surface area contributed by atoms with E-state index in [1.807, 2.05) is 24.3 Å². The average Bonchev–Trinajstić information content (AvgIpc) is 2.56. The summed E-state index contributed by atoms with van der Waals surface area (Å²) in [5, 5.41) is 0. The molecular weight excluding hydrogens is 252 g/mol. The van der Waals surface area contributed by atoms with Crippen molar-refractivity contribution in [3.8, 4) is 0 Å². The molecule has 0 aliphatic rings. The van der Waals surface area contributed by atoms with Gasteiger partial charge in [0, 0.05) is 24.8 Å². The predicted octanol–water partition coefficient (Wildman–Crippen LogP) is 2.05. The van der Waals surface area contributed by atoms with E-state index >= 15 is 0 Å². The molecular formula is C14H10N6. The van der Waals surface area contributed by atoms with Gasteiger partial charge >= 0.3 is 0 Å². The molecule has 0 aromatic carbocycles. The van der Waals surface area contributed by atoms with Crippen LogP contribution < -0.4 is 0 Å². The van der Waals surface area contributed by atoms with Crippen LogP contribution in [0, 0.1) is 0 Å². The molecule has 0 bridgehead atoms. The molecule has 0 fully saturated rings. The predicted molar refractivity (Wildman–Crippen MR) is 74.7 cm³/mol. The molecule has 0 aliphatic heterocycles. The van der Waals surface area contributed by atoms with E-state index in [0.29, 0.717) is 5.65 Å². The Morgan fingerprint density at radius 3 is 1.95 bits per heavy atom. The number of nitrogens with zero attached hydrogens (tertiary/aromatic N) is 6. The Bertz CT molecular complexity index is 631. The first-order valence-corrected chi connectivity index (χ1v) is 5.96. The first-order valence-electron chi connectivity index (χ1n) is 5.96. The third kappa shape index (κ3) is 2.69. The molecule has 0 radical (unpaired) electrons. The fourth-order valence-electron chi connectivity index (χ4n) is 1.63. The van der Waals surface area contributed by atoms with Crippen molar-refractivity contribution in [3.63, 3.8) is 0 Å². The monoisotopic (exact) mass is 262 g/mol. The molecule has 4 aromatic heterocycles. The average molecular weight is 262 g/mol. The smallest absolute Gasteiger partial charge is 0.181 e. The van der Waals surface area contributed by atoms with Gasteiger partial charge in [-0.05, 0) is 24.3 Å². The summed E-state index contributed by atoms with van der Waals surface area (Å²) in [5.41, 5.74) is 3.26. The molecule has 0 unspecified atom stereocenters. The SMILES string of the molecule is c1cnc2cccnc2c1.c1cnc2ncncc2n1. The highest BCUT2D eigenvalue weighted by Crippen LogP contribution is 2.04. The van der Waals surface area contributed by atoms with E-state index in [4.69, 9.17) is 0 Å². The largest absolute Gasteiger partial charge is 0.255 e. The lowest BCUT2D eigenvalue weighted by molar-refractivity contribution is 1.15. The number of pyridine rings is 2. The minimum Gasteiger partial charge on any atom is -0.255 e. The molecule has 0 atom stereocenters. The van der Waals surface area contributed by atoms with Crippen LogP contribution in [-0.2, 0) is 0 Å². The molecule has 96 valence electrons. The van der Waals surface area contributed by atoms with Crippen molar-refractivity contribution >= 4 is 22.2 Å². The maximum atomic E-state index is 4.12. The summed E-state index contributed by atoms with van der Waals surface area (Å²) in [7, 11) is 0. The summed E-state index contributed by atoms with van der Waals surface area (Å²) in [6, 6.07) is 7.66. The van der Waals surface area contributed by atoms with Gasteiger partial charge in [-0.15, -0.1) is 0 Å². The lowest BCUT2D eigenvalue weighted by Gasteiger charge is -1.90. The van der Waals surface area contributed by atoms with Crippen LogP contribution in [0.2, 0.25) is 0 Å². The molecule has 0 aliphatic carbocycles. The molecule has 4 rings (SSSR count). The van der Waals surface area contributed by atoms with Crippen molar-refractivity contribution < 1.29 is 0 Å². The molecule has 20 heavy (non-hydrogen) atoms. The van der Waals surface area contributed by atoms with Gasteiger partial charge in [-0.25, -0.2) is 19.9 Å². The van der Waals surface area contributed by atoms with Gasteiger partial charge < -0.3 is 0 Å². The molecule has 4 heterocycles.